The first-order valence-electron chi connectivity index (χ1n) is 9.59. The Hall–Kier alpha value is -3.26. The fourth-order valence-electron chi connectivity index (χ4n) is 3.57. The molecule has 0 N–H and O–H groups in total. The van der Waals surface area contributed by atoms with Gasteiger partial charge >= 0.3 is 0 Å². The molecule has 1 aromatic heterocycles. The summed E-state index contributed by atoms with van der Waals surface area (Å²) in [7, 11) is 0. The standard InChI is InChI=1S/C21H19ClN4O4/c1-13-5-7-14(8-6-13)19-23-20(30-24-19)18-4-2-3-11-25(18)21(27)16-10-9-15(26(28)29)12-17(16)22/h5-10,12,18H,2-4,11H2,1H3. The summed E-state index contributed by atoms with van der Waals surface area (Å²) in [4.78, 5) is 29.8. The molecule has 0 bridgehead atoms. The lowest BCUT2D eigenvalue weighted by Gasteiger charge is -2.33. The van der Waals surface area contributed by atoms with Crippen molar-refractivity contribution in [2.75, 3.05) is 6.54 Å². The van der Waals surface area contributed by atoms with Crippen molar-refractivity contribution in [1.29, 1.82) is 0 Å². The second-order valence-corrected chi connectivity index (χ2v) is 7.66. The zero-order valence-electron chi connectivity index (χ0n) is 16.2. The van der Waals surface area contributed by atoms with Gasteiger partial charge in [0.25, 0.3) is 11.6 Å². The summed E-state index contributed by atoms with van der Waals surface area (Å²) in [6.45, 7) is 2.51. The fraction of sp³-hybridized carbons (Fsp3) is 0.286. The van der Waals surface area contributed by atoms with E-state index in [1.54, 1.807) is 4.90 Å². The Morgan fingerprint density at radius 1 is 1.23 bits per heavy atom. The van der Waals surface area contributed by atoms with Crippen LogP contribution in [0.5, 0.6) is 0 Å². The SMILES string of the molecule is Cc1ccc(-c2noc(C3CCCCN3C(=O)c3ccc([N+](=O)[O-])cc3Cl)n2)cc1. The number of hydrogen-bond donors (Lipinski definition) is 0. The van der Waals surface area contributed by atoms with Crippen LogP contribution in [0.3, 0.4) is 0 Å². The zero-order chi connectivity index (χ0) is 21.3. The van der Waals surface area contributed by atoms with Gasteiger partial charge in [-0.2, -0.15) is 4.98 Å². The molecule has 1 fully saturated rings. The van der Waals surface area contributed by atoms with E-state index in [1.165, 1.54) is 18.2 Å². The number of benzene rings is 2. The van der Waals surface area contributed by atoms with Gasteiger partial charge in [0.2, 0.25) is 11.7 Å². The van der Waals surface area contributed by atoms with Crippen LogP contribution in [0.1, 0.15) is 47.1 Å². The van der Waals surface area contributed by atoms with Gasteiger partial charge in [-0.3, -0.25) is 14.9 Å². The first-order chi connectivity index (χ1) is 14.4. The second kappa shape index (κ2) is 8.23. The molecule has 4 rings (SSSR count). The maximum Gasteiger partial charge on any atom is 0.270 e. The minimum atomic E-state index is -0.547. The molecule has 8 nitrogen and oxygen atoms in total. The molecule has 1 atom stereocenters. The van der Waals surface area contributed by atoms with E-state index >= 15 is 0 Å². The molecule has 1 amide bonds. The number of aryl methyl sites for hydroxylation is 1. The quantitative estimate of drug-likeness (QED) is 0.431. The van der Waals surface area contributed by atoms with Gasteiger partial charge in [-0.15, -0.1) is 0 Å². The Balaban J connectivity index is 1.61. The van der Waals surface area contributed by atoms with Crippen LogP contribution in [-0.4, -0.2) is 32.4 Å². The highest BCUT2D eigenvalue weighted by molar-refractivity contribution is 6.34. The van der Waals surface area contributed by atoms with E-state index in [4.69, 9.17) is 16.1 Å². The third-order valence-electron chi connectivity index (χ3n) is 5.19. The van der Waals surface area contributed by atoms with Gasteiger partial charge in [0.05, 0.1) is 15.5 Å². The highest BCUT2D eigenvalue weighted by Gasteiger charge is 2.33. The van der Waals surface area contributed by atoms with Gasteiger partial charge in [0, 0.05) is 24.2 Å². The van der Waals surface area contributed by atoms with Gasteiger partial charge < -0.3 is 9.42 Å². The normalized spacial score (nSPS) is 16.5. The molecular weight excluding hydrogens is 408 g/mol. The molecule has 30 heavy (non-hydrogen) atoms. The molecule has 1 aliphatic heterocycles. The number of likely N-dealkylation sites (tertiary alicyclic amines) is 1. The summed E-state index contributed by atoms with van der Waals surface area (Å²) in [5.41, 5.74) is 2.02. The molecule has 1 aliphatic rings. The summed E-state index contributed by atoms with van der Waals surface area (Å²) >= 11 is 6.17. The number of carbonyl (C=O) groups excluding carboxylic acids is 1. The minimum absolute atomic E-state index is 0.0457. The second-order valence-electron chi connectivity index (χ2n) is 7.25. The number of nitrogens with zero attached hydrogens (tertiary/aromatic N) is 4. The predicted octanol–water partition coefficient (Wildman–Crippen LogP) is 4.97. The number of halogens is 1. The Morgan fingerprint density at radius 3 is 2.70 bits per heavy atom. The number of rotatable bonds is 4. The summed E-state index contributed by atoms with van der Waals surface area (Å²) < 4.78 is 5.51. The minimum Gasteiger partial charge on any atom is -0.337 e. The number of hydrogen-bond acceptors (Lipinski definition) is 6. The van der Waals surface area contributed by atoms with E-state index in [0.717, 1.165) is 24.0 Å². The van der Waals surface area contributed by atoms with E-state index < -0.39 is 4.92 Å². The van der Waals surface area contributed by atoms with Crippen molar-refractivity contribution in [1.82, 2.24) is 15.0 Å². The van der Waals surface area contributed by atoms with Crippen molar-refractivity contribution >= 4 is 23.2 Å². The average Bonchev–Trinajstić information content (AvgIpc) is 3.24. The smallest absolute Gasteiger partial charge is 0.270 e. The number of piperidine rings is 1. The van der Waals surface area contributed by atoms with E-state index in [1.807, 2.05) is 31.2 Å². The molecule has 0 aliphatic carbocycles. The van der Waals surface area contributed by atoms with Gasteiger partial charge in [0.15, 0.2) is 0 Å². The summed E-state index contributed by atoms with van der Waals surface area (Å²) in [5.74, 6) is 0.530. The highest BCUT2D eigenvalue weighted by Crippen LogP contribution is 2.34. The Kier molecular flexibility index (Phi) is 5.50. The molecule has 0 spiro atoms. The predicted molar refractivity (Wildman–Crippen MR) is 110 cm³/mol. The molecule has 1 unspecified atom stereocenters. The number of nitro benzene ring substituents is 1. The molecule has 154 valence electrons. The first kappa shape index (κ1) is 20.0. The lowest BCUT2D eigenvalue weighted by molar-refractivity contribution is -0.384. The van der Waals surface area contributed by atoms with Crippen molar-refractivity contribution in [3.8, 4) is 11.4 Å². The van der Waals surface area contributed by atoms with Crippen molar-refractivity contribution < 1.29 is 14.2 Å². The third kappa shape index (κ3) is 3.91. The van der Waals surface area contributed by atoms with Crippen molar-refractivity contribution in [2.45, 2.75) is 32.2 Å². The maximum atomic E-state index is 13.2. The van der Waals surface area contributed by atoms with E-state index in [2.05, 4.69) is 10.1 Å². The highest BCUT2D eigenvalue weighted by atomic mass is 35.5. The van der Waals surface area contributed by atoms with Crippen LogP contribution in [0.2, 0.25) is 5.02 Å². The van der Waals surface area contributed by atoms with Gasteiger partial charge in [0.1, 0.15) is 6.04 Å². The fourth-order valence-corrected chi connectivity index (χ4v) is 3.82. The molecule has 9 heteroatoms. The van der Waals surface area contributed by atoms with Gasteiger partial charge in [-0.1, -0.05) is 46.6 Å². The molecule has 3 aromatic rings. The van der Waals surface area contributed by atoms with Crippen LogP contribution in [0.4, 0.5) is 5.69 Å². The number of nitro groups is 1. The molecule has 0 saturated carbocycles. The summed E-state index contributed by atoms with van der Waals surface area (Å²) in [6.07, 6.45) is 2.45. The van der Waals surface area contributed by atoms with Crippen LogP contribution in [0.25, 0.3) is 11.4 Å². The lowest BCUT2D eigenvalue weighted by atomic mass is 10.0. The van der Waals surface area contributed by atoms with Crippen LogP contribution in [0, 0.1) is 17.0 Å². The summed E-state index contributed by atoms with van der Waals surface area (Å²) in [5, 5.41) is 15.1. The third-order valence-corrected chi connectivity index (χ3v) is 5.51. The van der Waals surface area contributed by atoms with Crippen LogP contribution >= 0.6 is 11.6 Å². The van der Waals surface area contributed by atoms with Crippen molar-refractivity contribution in [3.63, 3.8) is 0 Å². The monoisotopic (exact) mass is 426 g/mol. The number of aromatic nitrogens is 2. The van der Waals surface area contributed by atoms with Crippen LogP contribution in [-0.2, 0) is 0 Å². The van der Waals surface area contributed by atoms with Crippen molar-refractivity contribution in [3.05, 3.63) is 74.6 Å². The molecule has 1 saturated heterocycles. The van der Waals surface area contributed by atoms with Crippen molar-refractivity contribution in [2.24, 2.45) is 0 Å². The number of amides is 1. The summed E-state index contributed by atoms with van der Waals surface area (Å²) in [6, 6.07) is 11.3. The van der Waals surface area contributed by atoms with E-state index in [0.29, 0.717) is 24.7 Å². The Bertz CT molecular complexity index is 1100. The molecule has 2 heterocycles. The molecular formula is C21H19ClN4O4. The van der Waals surface area contributed by atoms with Gasteiger partial charge in [-0.25, -0.2) is 0 Å². The van der Waals surface area contributed by atoms with E-state index in [-0.39, 0.29) is 28.2 Å². The Morgan fingerprint density at radius 2 is 2.00 bits per heavy atom. The number of non-ortho nitro benzene ring substituents is 1. The van der Waals surface area contributed by atoms with Crippen LogP contribution < -0.4 is 0 Å². The number of carbonyl (C=O) groups is 1. The van der Waals surface area contributed by atoms with Gasteiger partial charge in [-0.05, 0) is 32.3 Å². The first-order valence-corrected chi connectivity index (χ1v) is 9.97. The topological polar surface area (TPSA) is 102 Å². The van der Waals surface area contributed by atoms with E-state index in [9.17, 15) is 14.9 Å². The average molecular weight is 427 g/mol. The zero-order valence-corrected chi connectivity index (χ0v) is 17.0. The van der Waals surface area contributed by atoms with Crippen LogP contribution in [0.15, 0.2) is 47.0 Å². The molecule has 2 aromatic carbocycles. The lowest BCUT2D eigenvalue weighted by Crippen LogP contribution is -2.38. The largest absolute Gasteiger partial charge is 0.337 e. The Labute approximate surface area is 177 Å². The maximum absolute atomic E-state index is 13.2. The molecule has 0 radical (unpaired) electrons.